The quantitative estimate of drug-likeness (QED) is 0.430. The Balaban J connectivity index is -0.00000000655. The smallest absolute Gasteiger partial charge is 0 e. The maximum absolute atomic E-state index is 6.25. The van der Waals surface area contributed by atoms with Gasteiger partial charge in [0.05, 0.1) is 0 Å². The molecule has 0 aromatic rings. The standard InChI is InChI=1S/6CN.Cu/c6*1-2;/q6*-1;. The molecule has 6 nitrogen and oxygen atoms in total. The summed E-state index contributed by atoms with van der Waals surface area (Å²) in [6.07, 6.45) is 0. The molecule has 0 rings (SSSR count). The number of hydrogen-bond donors (Lipinski definition) is 0. The molecule has 7 heteroatoms. The van der Waals surface area contributed by atoms with Crippen molar-refractivity contribution in [1.82, 2.24) is 0 Å². The summed E-state index contributed by atoms with van der Waals surface area (Å²) in [5.41, 5.74) is 0. The van der Waals surface area contributed by atoms with Crippen LogP contribution >= 0.6 is 0 Å². The van der Waals surface area contributed by atoms with Crippen molar-refractivity contribution in [3.63, 3.8) is 0 Å². The summed E-state index contributed by atoms with van der Waals surface area (Å²) in [7, 11) is 0. The van der Waals surface area contributed by atoms with Crippen LogP contribution in [-0.2, 0) is 17.1 Å². The van der Waals surface area contributed by atoms with Crippen molar-refractivity contribution in [3.8, 4) is 0 Å². The molecule has 0 aliphatic carbocycles. The van der Waals surface area contributed by atoms with Crippen molar-refractivity contribution >= 4 is 0 Å². The van der Waals surface area contributed by atoms with Gasteiger partial charge in [0.1, 0.15) is 0 Å². The van der Waals surface area contributed by atoms with Crippen molar-refractivity contribution in [2.45, 2.75) is 0 Å². The zero-order valence-electron chi connectivity index (χ0n) is 5.98. The molecule has 0 atom stereocenters. The molecule has 0 N–H and O–H groups in total. The maximum Gasteiger partial charge on any atom is 0 e. The second-order valence-corrected chi connectivity index (χ2v) is 0. The fourth-order valence-electron chi connectivity index (χ4n) is 0. The van der Waals surface area contributed by atoms with Gasteiger partial charge in [0.25, 0.3) is 0 Å². The summed E-state index contributed by atoms with van der Waals surface area (Å²) in [6.45, 7) is 28.5. The molecule has 0 saturated heterocycles. The molecule has 71 valence electrons. The van der Waals surface area contributed by atoms with E-state index in [9.17, 15) is 0 Å². The van der Waals surface area contributed by atoms with Gasteiger partial charge >= 0.3 is 0 Å². The minimum atomic E-state index is 0. The van der Waals surface area contributed by atoms with Crippen molar-refractivity contribution in [2.75, 3.05) is 0 Å². The maximum atomic E-state index is 6.25. The van der Waals surface area contributed by atoms with Crippen molar-refractivity contribution in [1.29, 1.82) is 31.6 Å². The molecule has 0 aliphatic heterocycles. The van der Waals surface area contributed by atoms with E-state index in [1.807, 2.05) is 0 Å². The Morgan fingerprint density at radius 1 is 0.308 bits per heavy atom. The van der Waals surface area contributed by atoms with Gasteiger partial charge in [0, 0.05) is 17.1 Å². The zero-order valence-corrected chi connectivity index (χ0v) is 6.93. The van der Waals surface area contributed by atoms with E-state index in [2.05, 4.69) is 0 Å². The largest absolute Gasteiger partial charge is 0.512 e. The van der Waals surface area contributed by atoms with Gasteiger partial charge < -0.3 is 71.0 Å². The van der Waals surface area contributed by atoms with Crippen LogP contribution in [0.1, 0.15) is 0 Å². The van der Waals surface area contributed by atoms with Crippen LogP contribution in [-0.4, -0.2) is 0 Å². The molecule has 1 radical (unpaired) electrons. The minimum absolute atomic E-state index is 0. The van der Waals surface area contributed by atoms with Gasteiger partial charge in [0.15, 0.2) is 0 Å². The number of rotatable bonds is 0. The number of nitrogens with zero attached hydrogens (tertiary/aromatic N) is 6. The van der Waals surface area contributed by atoms with Crippen molar-refractivity contribution < 1.29 is 17.1 Å². The van der Waals surface area contributed by atoms with Gasteiger partial charge in [-0.1, -0.05) is 0 Å². The predicted octanol–water partition coefficient (Wildman–Crippen LogP) is 0.576. The SMILES string of the molecule is [C-]#N.[C-]#N.[C-]#N.[C-]#N.[C-]#N.[C-]#N.[Cu]. The Bertz CT molecular complexity index is 92.1. The first-order valence-corrected chi connectivity index (χ1v) is 1.34. The van der Waals surface area contributed by atoms with Crippen LogP contribution in [0.4, 0.5) is 0 Å². The molecule has 0 aromatic heterocycles. The van der Waals surface area contributed by atoms with Crippen LogP contribution in [0.3, 0.4) is 0 Å². The van der Waals surface area contributed by atoms with Gasteiger partial charge in [0.2, 0.25) is 0 Å². The third kappa shape index (κ3) is 81.6. The van der Waals surface area contributed by atoms with E-state index in [0.717, 1.165) is 0 Å². The van der Waals surface area contributed by atoms with E-state index in [1.54, 1.807) is 0 Å². The van der Waals surface area contributed by atoms with Crippen LogP contribution in [0.5, 0.6) is 0 Å². The number of hydrogen-bond acceptors (Lipinski definition) is 6. The average Bonchev–Trinajstić information content (AvgIpc) is 2.33. The van der Waals surface area contributed by atoms with E-state index in [4.69, 9.17) is 71.0 Å². The molecule has 13 heavy (non-hydrogen) atoms. The van der Waals surface area contributed by atoms with Crippen LogP contribution in [0.15, 0.2) is 0 Å². The summed E-state index contributed by atoms with van der Waals surface area (Å²) < 4.78 is 0. The van der Waals surface area contributed by atoms with E-state index < -0.39 is 0 Å². The van der Waals surface area contributed by atoms with E-state index in [-0.39, 0.29) is 17.1 Å². The Labute approximate surface area is 88.5 Å². The first-order valence-electron chi connectivity index (χ1n) is 1.34. The van der Waals surface area contributed by atoms with E-state index >= 15 is 0 Å². The average molecular weight is 220 g/mol. The summed E-state index contributed by atoms with van der Waals surface area (Å²) in [6, 6.07) is 0. The van der Waals surface area contributed by atoms with Crippen LogP contribution in [0.2, 0.25) is 0 Å². The Kier molecular flexibility index (Phi) is 631. The second-order valence-electron chi connectivity index (χ2n) is 0. The van der Waals surface area contributed by atoms with Crippen LogP contribution in [0, 0.1) is 71.0 Å². The third-order valence-electron chi connectivity index (χ3n) is 0. The van der Waals surface area contributed by atoms with Crippen LogP contribution < -0.4 is 0 Å². The van der Waals surface area contributed by atoms with Gasteiger partial charge in [-0.15, -0.1) is 0 Å². The predicted molar refractivity (Wildman–Crippen MR) is 29.8 cm³/mol. The fraction of sp³-hybridized carbons (Fsp3) is 0. The second kappa shape index (κ2) is 105. The molecule has 0 fully saturated rings. The van der Waals surface area contributed by atoms with Crippen LogP contribution in [0.25, 0.3) is 0 Å². The summed E-state index contributed by atoms with van der Waals surface area (Å²) in [5, 5.41) is 37.5. The van der Waals surface area contributed by atoms with Gasteiger partial charge in [-0.05, 0) is 0 Å². The summed E-state index contributed by atoms with van der Waals surface area (Å²) in [4.78, 5) is 0. The Hall–Kier alpha value is -2.54. The molecule has 0 amide bonds. The van der Waals surface area contributed by atoms with E-state index in [1.165, 1.54) is 0 Å². The molecule has 0 heterocycles. The summed E-state index contributed by atoms with van der Waals surface area (Å²) >= 11 is 0. The molecule has 0 aromatic carbocycles. The molecule has 0 saturated carbocycles. The first kappa shape index (κ1) is 78.2. The zero-order chi connectivity index (χ0) is 12.0. The molecule has 0 bridgehead atoms. The topological polar surface area (TPSA) is 143 Å². The molecule has 0 spiro atoms. The van der Waals surface area contributed by atoms with E-state index in [0.29, 0.717) is 0 Å². The Morgan fingerprint density at radius 3 is 0.308 bits per heavy atom. The molecule has 0 aliphatic rings. The first-order chi connectivity index (χ1) is 6.00. The molecule has 0 unspecified atom stereocenters. The van der Waals surface area contributed by atoms with Gasteiger partial charge in [-0.2, -0.15) is 0 Å². The molecular weight excluding hydrogens is 220 g/mol. The van der Waals surface area contributed by atoms with Crippen molar-refractivity contribution in [3.05, 3.63) is 39.4 Å². The normalized spacial score (nSPS) is 0.923. The Morgan fingerprint density at radius 2 is 0.308 bits per heavy atom. The minimum Gasteiger partial charge on any atom is -0.512 e. The van der Waals surface area contributed by atoms with Gasteiger partial charge in [-0.25, -0.2) is 0 Å². The molecular formula is C6CuN6-6. The van der Waals surface area contributed by atoms with Gasteiger partial charge in [-0.3, -0.25) is 0 Å². The summed E-state index contributed by atoms with van der Waals surface area (Å²) in [5.74, 6) is 0. The fourth-order valence-corrected chi connectivity index (χ4v) is 0. The monoisotopic (exact) mass is 219 g/mol. The van der Waals surface area contributed by atoms with Crippen molar-refractivity contribution in [2.24, 2.45) is 0 Å². The third-order valence-corrected chi connectivity index (χ3v) is 0.